The lowest BCUT2D eigenvalue weighted by atomic mass is 10.2. The Morgan fingerprint density at radius 1 is 0.545 bits per heavy atom. The minimum absolute atomic E-state index is 0.194. The Balaban J connectivity index is 1.06. The number of anilines is 5. The lowest BCUT2D eigenvalue weighted by Crippen LogP contribution is -2.40. The van der Waals surface area contributed by atoms with E-state index in [1.54, 1.807) is 0 Å². The first kappa shape index (κ1) is 22.3. The zero-order valence-corrected chi connectivity index (χ0v) is 22.9. The predicted molar refractivity (Wildman–Crippen MR) is 169 cm³/mol. The van der Waals surface area contributed by atoms with Crippen LogP contribution in [0.1, 0.15) is 0 Å². The fourth-order valence-electron chi connectivity index (χ4n) is 6.86. The van der Waals surface area contributed by atoms with E-state index in [-0.39, 0.29) is 6.29 Å². The Labute approximate surface area is 248 Å². The van der Waals surface area contributed by atoms with Crippen molar-refractivity contribution < 1.29 is 8.83 Å². The van der Waals surface area contributed by atoms with Crippen LogP contribution in [0.15, 0.2) is 118 Å². The van der Waals surface area contributed by atoms with Gasteiger partial charge in [-0.25, -0.2) is 9.55 Å². The highest BCUT2D eigenvalue weighted by atomic mass is 16.4. The molecule has 0 amide bonds. The summed E-state index contributed by atoms with van der Waals surface area (Å²) in [5, 5.41) is 3.64. The van der Waals surface area contributed by atoms with Gasteiger partial charge in [-0.1, -0.05) is 48.5 Å². The summed E-state index contributed by atoms with van der Waals surface area (Å²) >= 11 is 0. The summed E-state index contributed by atoms with van der Waals surface area (Å²) in [4.78, 5) is 19.2. The number of rotatable bonds is 2. The summed E-state index contributed by atoms with van der Waals surface area (Å²) in [6, 6.07) is 37.6. The van der Waals surface area contributed by atoms with Crippen molar-refractivity contribution in [2.45, 2.75) is 6.29 Å². The largest absolute Gasteiger partial charge is 0.423 e. The maximum Gasteiger partial charge on any atom is 0.310 e. The maximum absolute atomic E-state index is 6.45. The van der Waals surface area contributed by atoms with Gasteiger partial charge in [0.1, 0.15) is 11.0 Å². The SMILES string of the molecule is c1ccc2c(c1)NC1N(c3nc4cc5oc(-n6c7ccccc7n7c8ccccc8nc67)nc5cc4o3)c3ccccc3N21. The first-order valence-electron chi connectivity index (χ1n) is 14.4. The summed E-state index contributed by atoms with van der Waals surface area (Å²) in [5.74, 6) is 0.741. The van der Waals surface area contributed by atoms with Crippen LogP contribution in [0.3, 0.4) is 0 Å². The second kappa shape index (κ2) is 7.75. The van der Waals surface area contributed by atoms with Crippen LogP contribution in [0.2, 0.25) is 0 Å². The summed E-state index contributed by atoms with van der Waals surface area (Å²) in [7, 11) is 0. The van der Waals surface area contributed by atoms with E-state index >= 15 is 0 Å². The molecule has 2 aliphatic rings. The molecule has 10 heteroatoms. The Kier molecular flexibility index (Phi) is 3.93. The van der Waals surface area contributed by atoms with E-state index in [4.69, 9.17) is 23.8 Å². The van der Waals surface area contributed by atoms with E-state index in [1.165, 1.54) is 0 Å². The van der Waals surface area contributed by atoms with Crippen LogP contribution in [0.25, 0.3) is 56.1 Å². The molecule has 9 aromatic rings. The van der Waals surface area contributed by atoms with Gasteiger partial charge >= 0.3 is 12.0 Å². The van der Waals surface area contributed by atoms with Gasteiger partial charge in [0.2, 0.25) is 5.78 Å². The molecular weight excluding hydrogens is 552 g/mol. The van der Waals surface area contributed by atoms with Crippen molar-refractivity contribution >= 4 is 78.8 Å². The van der Waals surface area contributed by atoms with Crippen LogP contribution >= 0.6 is 0 Å². The van der Waals surface area contributed by atoms with Gasteiger partial charge in [0, 0.05) is 12.1 Å². The fourth-order valence-corrected chi connectivity index (χ4v) is 6.86. The van der Waals surface area contributed by atoms with Crippen LogP contribution in [0.4, 0.5) is 28.8 Å². The van der Waals surface area contributed by atoms with Gasteiger partial charge in [-0.05, 0) is 48.5 Å². The summed E-state index contributed by atoms with van der Waals surface area (Å²) in [5.41, 5.74) is 10.8. The molecule has 0 saturated heterocycles. The molecule has 11 rings (SSSR count). The van der Waals surface area contributed by atoms with E-state index in [0.29, 0.717) is 34.2 Å². The Morgan fingerprint density at radius 3 is 1.98 bits per heavy atom. The van der Waals surface area contributed by atoms with Gasteiger partial charge in [0.05, 0.1) is 44.8 Å². The van der Waals surface area contributed by atoms with E-state index in [9.17, 15) is 0 Å². The normalized spacial score (nSPS) is 15.6. The van der Waals surface area contributed by atoms with Crippen LogP contribution in [-0.2, 0) is 0 Å². The molecule has 0 spiro atoms. The Bertz CT molecular complexity index is 2590. The lowest BCUT2D eigenvalue weighted by molar-refractivity contribution is 0.572. The van der Waals surface area contributed by atoms with Crippen molar-refractivity contribution in [3.05, 3.63) is 109 Å². The quantitative estimate of drug-likeness (QED) is 0.225. The molecule has 5 aromatic carbocycles. The Morgan fingerprint density at radius 2 is 1.16 bits per heavy atom. The van der Waals surface area contributed by atoms with E-state index in [0.717, 1.165) is 50.6 Å². The van der Waals surface area contributed by atoms with Crippen LogP contribution in [0.5, 0.6) is 0 Å². The second-order valence-electron chi connectivity index (χ2n) is 11.1. The highest BCUT2D eigenvalue weighted by Gasteiger charge is 2.44. The molecule has 208 valence electrons. The van der Waals surface area contributed by atoms with Crippen molar-refractivity contribution in [1.82, 2.24) is 23.9 Å². The number of fused-ring (bicyclic) bond motifs is 12. The zero-order chi connectivity index (χ0) is 28.5. The first-order valence-corrected chi connectivity index (χ1v) is 14.4. The summed E-state index contributed by atoms with van der Waals surface area (Å²) in [6.07, 6.45) is -0.194. The number of hydrogen-bond donors (Lipinski definition) is 1. The molecule has 10 nitrogen and oxygen atoms in total. The molecule has 1 N–H and O–H groups in total. The van der Waals surface area contributed by atoms with Crippen LogP contribution < -0.4 is 15.1 Å². The molecule has 0 radical (unpaired) electrons. The monoisotopic (exact) mass is 572 g/mol. The topological polar surface area (TPSA) is 92.8 Å². The molecular formula is C34H20N8O2. The third-order valence-electron chi connectivity index (χ3n) is 8.72. The average molecular weight is 573 g/mol. The number of imidazole rings is 2. The second-order valence-corrected chi connectivity index (χ2v) is 11.1. The van der Waals surface area contributed by atoms with E-state index < -0.39 is 0 Å². The molecule has 1 atom stereocenters. The average Bonchev–Trinajstić information content (AvgIpc) is 3.88. The van der Waals surface area contributed by atoms with Crippen molar-refractivity contribution in [1.29, 1.82) is 0 Å². The smallest absolute Gasteiger partial charge is 0.310 e. The summed E-state index contributed by atoms with van der Waals surface area (Å²) < 4.78 is 17.0. The lowest BCUT2D eigenvalue weighted by Gasteiger charge is -2.24. The van der Waals surface area contributed by atoms with E-state index in [2.05, 4.69) is 74.1 Å². The van der Waals surface area contributed by atoms with E-state index in [1.807, 2.05) is 59.2 Å². The highest BCUT2D eigenvalue weighted by molar-refractivity contribution is 5.97. The summed E-state index contributed by atoms with van der Waals surface area (Å²) in [6.45, 7) is 0. The molecule has 6 heterocycles. The van der Waals surface area contributed by atoms with Crippen LogP contribution in [-0.4, -0.2) is 30.2 Å². The number of oxazole rings is 2. The van der Waals surface area contributed by atoms with Gasteiger partial charge in [-0.3, -0.25) is 14.2 Å². The van der Waals surface area contributed by atoms with Crippen LogP contribution in [0, 0.1) is 0 Å². The van der Waals surface area contributed by atoms with Crippen molar-refractivity contribution in [3.8, 4) is 6.01 Å². The maximum atomic E-state index is 6.45. The highest BCUT2D eigenvalue weighted by Crippen LogP contribution is 2.52. The van der Waals surface area contributed by atoms with Gasteiger partial charge in [-0.2, -0.15) is 9.97 Å². The third-order valence-corrected chi connectivity index (χ3v) is 8.72. The molecule has 0 aliphatic carbocycles. The standard InChI is InChI=1S/C34H20N8O2/c1-3-11-23-19(9-1)35-31-39(23)25-13-5-7-15-27(25)41(31)33-37-21-17-30-22(18-29(21)43-33)38-34(44-30)42-28-16-8-6-14-26(28)40-24-12-4-2-10-20(24)36-32(40)42/h1-18,31,35H. The van der Waals surface area contributed by atoms with Gasteiger partial charge < -0.3 is 14.2 Å². The number of nitrogens with one attached hydrogen (secondary N) is 1. The molecule has 0 saturated carbocycles. The minimum atomic E-state index is -0.194. The molecule has 2 aliphatic heterocycles. The minimum Gasteiger partial charge on any atom is -0.423 e. The van der Waals surface area contributed by atoms with Gasteiger partial charge in [0.25, 0.3) is 0 Å². The molecule has 4 aromatic heterocycles. The molecule has 1 unspecified atom stereocenters. The zero-order valence-electron chi connectivity index (χ0n) is 22.9. The number of para-hydroxylation sites is 8. The van der Waals surface area contributed by atoms with Gasteiger partial charge in [0.15, 0.2) is 17.5 Å². The molecule has 0 fully saturated rings. The molecule has 0 bridgehead atoms. The molecule has 44 heavy (non-hydrogen) atoms. The number of hydrogen-bond acceptors (Lipinski definition) is 8. The third kappa shape index (κ3) is 2.72. The Hall–Kier alpha value is -6.29. The van der Waals surface area contributed by atoms with Crippen molar-refractivity contribution in [2.75, 3.05) is 15.1 Å². The predicted octanol–water partition coefficient (Wildman–Crippen LogP) is 7.71. The number of aromatic nitrogens is 5. The van der Waals surface area contributed by atoms with Crippen molar-refractivity contribution in [3.63, 3.8) is 0 Å². The van der Waals surface area contributed by atoms with Crippen molar-refractivity contribution in [2.24, 2.45) is 0 Å². The number of nitrogens with zero attached hydrogens (tertiary/aromatic N) is 7. The first-order chi connectivity index (χ1) is 21.8. The number of benzene rings is 5. The fraction of sp³-hybridized carbons (Fsp3) is 0.0294. The van der Waals surface area contributed by atoms with Gasteiger partial charge in [-0.15, -0.1) is 0 Å².